The zero-order valence-electron chi connectivity index (χ0n) is 15.4. The topological polar surface area (TPSA) is 97.3 Å². The monoisotopic (exact) mass is 367 g/mol. The molecule has 1 saturated heterocycles. The number of nitrogens with zero attached hydrogens (tertiary/aromatic N) is 4. The van der Waals surface area contributed by atoms with Crippen molar-refractivity contribution < 1.29 is 9.55 Å². The molecular formula is C19H21N5O3. The van der Waals surface area contributed by atoms with E-state index in [0.29, 0.717) is 11.2 Å². The number of hydrogen-bond donors (Lipinski definition) is 1. The molecule has 0 amide bonds. The van der Waals surface area contributed by atoms with Crippen LogP contribution in [-0.4, -0.2) is 28.3 Å². The molecule has 0 atom stereocenters. The van der Waals surface area contributed by atoms with Crippen LogP contribution in [0.25, 0.3) is 11.0 Å². The van der Waals surface area contributed by atoms with E-state index >= 15 is 0 Å². The van der Waals surface area contributed by atoms with E-state index < -0.39 is 4.92 Å². The molecule has 27 heavy (non-hydrogen) atoms. The summed E-state index contributed by atoms with van der Waals surface area (Å²) in [6, 6.07) is 7.68. The van der Waals surface area contributed by atoms with Crippen molar-refractivity contribution in [2.24, 2.45) is 0 Å². The maximum atomic E-state index is 11.8. The van der Waals surface area contributed by atoms with E-state index in [1.807, 2.05) is 32.0 Å². The Kier molecular flexibility index (Phi) is 4.39. The van der Waals surface area contributed by atoms with Gasteiger partial charge in [0.15, 0.2) is 5.52 Å². The highest BCUT2D eigenvalue weighted by Gasteiger charge is 2.28. The molecule has 0 unspecified atom stereocenters. The molecule has 3 aromatic rings. The summed E-state index contributed by atoms with van der Waals surface area (Å²) in [6.45, 7) is 5.83. The first-order valence-corrected chi connectivity index (χ1v) is 9.07. The average molecular weight is 367 g/mol. The number of benzene rings is 2. The number of nitrogens with one attached hydrogen (secondary N) is 1. The second-order valence-corrected chi connectivity index (χ2v) is 6.98. The average Bonchev–Trinajstić information content (AvgIpc) is 3.13. The summed E-state index contributed by atoms with van der Waals surface area (Å²) in [5.74, 6) is 0. The minimum absolute atomic E-state index is 0.120. The van der Waals surface area contributed by atoms with Crippen LogP contribution in [0.15, 0.2) is 28.9 Å². The lowest BCUT2D eigenvalue weighted by Crippen LogP contribution is -2.29. The predicted octanol–water partition coefficient (Wildman–Crippen LogP) is 4.48. The molecule has 0 radical (unpaired) electrons. The van der Waals surface area contributed by atoms with Crippen molar-refractivity contribution in [2.45, 2.75) is 33.1 Å². The fraction of sp³-hybridized carbons (Fsp3) is 0.368. The lowest BCUT2D eigenvalue weighted by molar-refractivity contribution is -0.382. The van der Waals surface area contributed by atoms with Crippen LogP contribution >= 0.6 is 0 Å². The molecule has 1 aliphatic heterocycles. The molecule has 0 saturated carbocycles. The second kappa shape index (κ2) is 6.86. The maximum Gasteiger partial charge on any atom is 0.324 e. The fourth-order valence-corrected chi connectivity index (χ4v) is 3.54. The molecule has 140 valence electrons. The minimum atomic E-state index is -0.435. The van der Waals surface area contributed by atoms with Crippen LogP contribution in [0.3, 0.4) is 0 Å². The Labute approximate surface area is 156 Å². The Morgan fingerprint density at radius 2 is 1.81 bits per heavy atom. The van der Waals surface area contributed by atoms with E-state index in [1.165, 1.54) is 12.0 Å². The molecule has 1 fully saturated rings. The molecule has 0 bridgehead atoms. The molecular weight excluding hydrogens is 346 g/mol. The van der Waals surface area contributed by atoms with Crippen LogP contribution in [-0.2, 0) is 0 Å². The highest BCUT2D eigenvalue weighted by molar-refractivity contribution is 6.00. The number of rotatable bonds is 4. The fourth-order valence-electron chi connectivity index (χ4n) is 3.54. The van der Waals surface area contributed by atoms with Gasteiger partial charge >= 0.3 is 5.69 Å². The molecule has 1 N–H and O–H groups in total. The lowest BCUT2D eigenvalue weighted by atomic mass is 10.1. The number of nitro groups is 1. The number of hydrogen-bond acceptors (Lipinski definition) is 7. The van der Waals surface area contributed by atoms with Gasteiger partial charge in [-0.05, 0) is 72.7 Å². The minimum Gasteiger partial charge on any atom is -0.370 e. The van der Waals surface area contributed by atoms with Crippen molar-refractivity contribution in [2.75, 3.05) is 23.3 Å². The van der Waals surface area contributed by atoms with E-state index in [9.17, 15) is 10.1 Å². The summed E-state index contributed by atoms with van der Waals surface area (Å²) in [4.78, 5) is 13.5. The van der Waals surface area contributed by atoms with Gasteiger partial charge in [-0.15, -0.1) is 0 Å². The normalized spacial score (nSPS) is 14.5. The van der Waals surface area contributed by atoms with Gasteiger partial charge in [0.05, 0.1) is 10.6 Å². The molecule has 8 heteroatoms. The third-order valence-corrected chi connectivity index (χ3v) is 5.16. The van der Waals surface area contributed by atoms with Gasteiger partial charge in [-0.3, -0.25) is 10.1 Å². The second-order valence-electron chi connectivity index (χ2n) is 6.98. The molecule has 4 rings (SSSR count). The van der Waals surface area contributed by atoms with Gasteiger partial charge in [-0.1, -0.05) is 6.07 Å². The Morgan fingerprint density at radius 3 is 2.52 bits per heavy atom. The van der Waals surface area contributed by atoms with E-state index in [1.54, 1.807) is 6.07 Å². The SMILES string of the molecule is Cc1ccc(Nc2cc(N3CCCCC3)c3nonc3c2[N+](=O)[O-])cc1C. The quantitative estimate of drug-likeness (QED) is 0.536. The number of piperidine rings is 1. The van der Waals surface area contributed by atoms with Crippen LogP contribution in [0.5, 0.6) is 0 Å². The molecule has 1 aromatic heterocycles. The Balaban J connectivity index is 1.85. The van der Waals surface area contributed by atoms with E-state index in [4.69, 9.17) is 4.63 Å². The van der Waals surface area contributed by atoms with Gasteiger partial charge in [0.25, 0.3) is 0 Å². The van der Waals surface area contributed by atoms with E-state index in [2.05, 4.69) is 20.5 Å². The van der Waals surface area contributed by atoms with Crippen molar-refractivity contribution in [3.63, 3.8) is 0 Å². The van der Waals surface area contributed by atoms with E-state index in [0.717, 1.165) is 42.9 Å². The third kappa shape index (κ3) is 3.18. The highest BCUT2D eigenvalue weighted by Crippen LogP contribution is 2.40. The number of nitro benzene ring substituents is 1. The van der Waals surface area contributed by atoms with Gasteiger partial charge in [0.2, 0.25) is 5.52 Å². The summed E-state index contributed by atoms with van der Waals surface area (Å²) in [7, 11) is 0. The number of aryl methyl sites for hydroxylation is 2. The Hall–Kier alpha value is -3.16. The predicted molar refractivity (Wildman–Crippen MR) is 104 cm³/mol. The zero-order chi connectivity index (χ0) is 19.0. The summed E-state index contributed by atoms with van der Waals surface area (Å²) in [5, 5.41) is 22.8. The summed E-state index contributed by atoms with van der Waals surface area (Å²) in [6.07, 6.45) is 3.37. The van der Waals surface area contributed by atoms with Gasteiger partial charge in [0, 0.05) is 18.8 Å². The van der Waals surface area contributed by atoms with Gasteiger partial charge < -0.3 is 10.2 Å². The largest absolute Gasteiger partial charge is 0.370 e. The van der Waals surface area contributed by atoms with Gasteiger partial charge in [-0.2, -0.15) is 0 Å². The first-order chi connectivity index (χ1) is 13.0. The lowest BCUT2D eigenvalue weighted by Gasteiger charge is -2.29. The third-order valence-electron chi connectivity index (χ3n) is 5.16. The van der Waals surface area contributed by atoms with Gasteiger partial charge in [-0.25, -0.2) is 4.63 Å². The van der Waals surface area contributed by atoms with Crippen molar-refractivity contribution >= 4 is 33.8 Å². The number of fused-ring (bicyclic) bond motifs is 1. The van der Waals surface area contributed by atoms with Crippen LogP contribution in [0.1, 0.15) is 30.4 Å². The molecule has 0 aliphatic carbocycles. The van der Waals surface area contributed by atoms with Crippen molar-refractivity contribution in [3.05, 3.63) is 45.5 Å². The smallest absolute Gasteiger partial charge is 0.324 e. The molecule has 2 heterocycles. The highest BCUT2D eigenvalue weighted by atomic mass is 16.6. The number of aromatic nitrogens is 2. The standard InChI is InChI=1S/C19H21N5O3/c1-12-6-7-14(10-13(12)2)20-15-11-16(23-8-4-3-5-9-23)17-18(22-27-21-17)19(15)24(25)26/h6-7,10-11,20H,3-5,8-9H2,1-2H3. The first kappa shape index (κ1) is 17.3. The maximum absolute atomic E-state index is 11.8. The van der Waals surface area contributed by atoms with Crippen molar-refractivity contribution in [1.82, 2.24) is 10.3 Å². The van der Waals surface area contributed by atoms with Gasteiger partial charge in [0.1, 0.15) is 5.69 Å². The summed E-state index contributed by atoms with van der Waals surface area (Å²) in [5.41, 5.74) is 4.79. The number of anilines is 3. The molecule has 2 aromatic carbocycles. The molecule has 1 aliphatic rings. The van der Waals surface area contributed by atoms with Crippen molar-refractivity contribution in [1.29, 1.82) is 0 Å². The van der Waals surface area contributed by atoms with Crippen LogP contribution in [0.4, 0.5) is 22.7 Å². The molecule has 8 nitrogen and oxygen atoms in total. The molecule has 0 spiro atoms. The Morgan fingerprint density at radius 1 is 1.07 bits per heavy atom. The summed E-state index contributed by atoms with van der Waals surface area (Å²) < 4.78 is 4.87. The zero-order valence-corrected chi connectivity index (χ0v) is 15.4. The van der Waals surface area contributed by atoms with Crippen LogP contribution < -0.4 is 10.2 Å². The summed E-state index contributed by atoms with van der Waals surface area (Å²) >= 11 is 0. The van der Waals surface area contributed by atoms with Crippen LogP contribution in [0.2, 0.25) is 0 Å². The first-order valence-electron chi connectivity index (χ1n) is 9.07. The van der Waals surface area contributed by atoms with Crippen LogP contribution in [0, 0.1) is 24.0 Å². The Bertz CT molecular complexity index is 1010. The van der Waals surface area contributed by atoms with Crippen molar-refractivity contribution in [3.8, 4) is 0 Å². The van der Waals surface area contributed by atoms with E-state index in [-0.39, 0.29) is 11.2 Å².